The molecule has 2 N–H and O–H groups in total. The molecule has 1 amide bonds. The normalized spacial score (nSPS) is 29.3. The van der Waals surface area contributed by atoms with Crippen LogP contribution in [-0.4, -0.2) is 41.6 Å². The number of piperidine rings is 1. The number of carbonyl (C=O) groups excluding carboxylic acids is 1. The highest BCUT2D eigenvalue weighted by Crippen LogP contribution is 2.50. The van der Waals surface area contributed by atoms with Gasteiger partial charge in [-0.15, -0.1) is 0 Å². The molecule has 2 aliphatic rings. The van der Waals surface area contributed by atoms with Crippen molar-refractivity contribution in [3.05, 3.63) is 65.7 Å². The summed E-state index contributed by atoms with van der Waals surface area (Å²) >= 11 is 0. The van der Waals surface area contributed by atoms with Crippen molar-refractivity contribution in [1.82, 2.24) is 10.2 Å². The van der Waals surface area contributed by atoms with Gasteiger partial charge < -0.3 is 10.4 Å². The van der Waals surface area contributed by atoms with Crippen LogP contribution in [0.4, 0.5) is 0 Å². The molecule has 1 aliphatic carbocycles. The van der Waals surface area contributed by atoms with Gasteiger partial charge in [-0.2, -0.15) is 0 Å². The molecule has 1 saturated heterocycles. The highest BCUT2D eigenvalue weighted by molar-refractivity contribution is 5.47. The van der Waals surface area contributed by atoms with E-state index in [0.717, 1.165) is 51.6 Å². The maximum Gasteiger partial charge on any atom is 0.207 e. The molecule has 154 valence electrons. The summed E-state index contributed by atoms with van der Waals surface area (Å²) in [7, 11) is 0. The summed E-state index contributed by atoms with van der Waals surface area (Å²) in [6, 6.07) is 19.1. The molecule has 4 atom stereocenters. The van der Waals surface area contributed by atoms with Crippen LogP contribution < -0.4 is 5.32 Å². The quantitative estimate of drug-likeness (QED) is 0.703. The zero-order valence-corrected chi connectivity index (χ0v) is 17.3. The average Bonchev–Trinajstić information content (AvgIpc) is 2.73. The molecule has 2 bridgehead atoms. The average molecular weight is 393 g/mol. The molecule has 0 spiro atoms. The fourth-order valence-electron chi connectivity index (χ4n) is 5.76. The second kappa shape index (κ2) is 8.58. The predicted octanol–water partition coefficient (Wildman–Crippen LogP) is 3.88. The van der Waals surface area contributed by atoms with E-state index >= 15 is 0 Å². The third kappa shape index (κ3) is 4.18. The summed E-state index contributed by atoms with van der Waals surface area (Å²) in [5.74, 6) is 0.796. The van der Waals surface area contributed by atoms with Gasteiger partial charge in [0.15, 0.2) is 0 Å². The first-order valence-corrected chi connectivity index (χ1v) is 10.9. The summed E-state index contributed by atoms with van der Waals surface area (Å²) in [5.41, 5.74) is 2.63. The predicted molar refractivity (Wildman–Crippen MR) is 116 cm³/mol. The Hall–Kier alpha value is -2.33. The van der Waals surface area contributed by atoms with Gasteiger partial charge in [-0.1, -0.05) is 49.4 Å². The molecule has 2 aromatic rings. The minimum Gasteiger partial charge on any atom is -0.508 e. The van der Waals surface area contributed by atoms with E-state index in [9.17, 15) is 9.90 Å². The van der Waals surface area contributed by atoms with Gasteiger partial charge in [-0.25, -0.2) is 0 Å². The number of likely N-dealkylation sites (tertiary alicyclic amines) is 1. The van der Waals surface area contributed by atoms with Crippen LogP contribution in [-0.2, 0) is 16.6 Å². The number of carbonyl (C=O) groups is 1. The van der Waals surface area contributed by atoms with E-state index in [2.05, 4.69) is 53.5 Å². The van der Waals surface area contributed by atoms with E-state index in [1.54, 1.807) is 6.07 Å². The van der Waals surface area contributed by atoms with Gasteiger partial charge >= 0.3 is 0 Å². The summed E-state index contributed by atoms with van der Waals surface area (Å²) < 4.78 is 0. The molecule has 0 unspecified atom stereocenters. The van der Waals surface area contributed by atoms with Crippen molar-refractivity contribution in [3.8, 4) is 5.75 Å². The van der Waals surface area contributed by atoms with E-state index in [-0.39, 0.29) is 11.5 Å². The summed E-state index contributed by atoms with van der Waals surface area (Å²) in [6.07, 6.45) is 6.17. The number of nitrogens with one attached hydrogen (secondary N) is 1. The van der Waals surface area contributed by atoms with Crippen molar-refractivity contribution in [2.75, 3.05) is 13.1 Å². The number of phenolic OH excluding ortho intramolecular Hbond substituents is 1. The Morgan fingerprint density at radius 1 is 1.17 bits per heavy atom. The first-order valence-electron chi connectivity index (χ1n) is 10.9. The number of rotatable bonds is 7. The third-order valence-corrected chi connectivity index (χ3v) is 7.21. The van der Waals surface area contributed by atoms with Crippen molar-refractivity contribution < 1.29 is 9.90 Å². The molecule has 4 rings (SSSR count). The van der Waals surface area contributed by atoms with Gasteiger partial charge in [-0.05, 0) is 67.8 Å². The van der Waals surface area contributed by atoms with Gasteiger partial charge in [0.2, 0.25) is 6.41 Å². The van der Waals surface area contributed by atoms with Crippen molar-refractivity contribution >= 4 is 6.41 Å². The zero-order valence-electron chi connectivity index (χ0n) is 17.3. The highest BCUT2D eigenvalue weighted by Gasteiger charge is 2.50. The molecular formula is C25H32N2O2. The molecule has 1 aliphatic heterocycles. The number of amides is 1. The van der Waals surface area contributed by atoms with Gasteiger partial charge in [0.1, 0.15) is 5.75 Å². The first kappa shape index (κ1) is 20.0. The lowest BCUT2D eigenvalue weighted by atomic mass is 9.57. The van der Waals surface area contributed by atoms with Crippen molar-refractivity contribution in [2.45, 2.75) is 56.5 Å². The van der Waals surface area contributed by atoms with E-state index < -0.39 is 0 Å². The van der Waals surface area contributed by atoms with E-state index in [4.69, 9.17) is 0 Å². The molecule has 2 fully saturated rings. The Balaban J connectivity index is 1.52. The fourth-order valence-corrected chi connectivity index (χ4v) is 5.76. The third-order valence-electron chi connectivity index (χ3n) is 7.21. The van der Waals surface area contributed by atoms with E-state index in [1.807, 2.05) is 12.1 Å². The number of fused-ring (bicyclic) bond motifs is 2. The molecule has 29 heavy (non-hydrogen) atoms. The Kier molecular flexibility index (Phi) is 5.91. The molecule has 4 nitrogen and oxygen atoms in total. The minimum atomic E-state index is 0.0122. The highest BCUT2D eigenvalue weighted by atomic mass is 16.3. The Labute approximate surface area is 173 Å². The SMILES string of the molecule is C[C@@H]1CN(CCCc2ccccc2)[C@H]2C[C@H](NC=O)C[C@]1(c1cccc(O)c1)C2. The number of hydrogen-bond donors (Lipinski definition) is 2. The van der Waals surface area contributed by atoms with Crippen molar-refractivity contribution in [2.24, 2.45) is 5.92 Å². The summed E-state index contributed by atoms with van der Waals surface area (Å²) in [5, 5.41) is 13.2. The molecule has 1 saturated carbocycles. The molecule has 0 radical (unpaired) electrons. The number of hydrogen-bond acceptors (Lipinski definition) is 3. The largest absolute Gasteiger partial charge is 0.508 e. The van der Waals surface area contributed by atoms with Gasteiger partial charge in [0.05, 0.1) is 0 Å². The lowest BCUT2D eigenvalue weighted by Gasteiger charge is -2.56. The lowest BCUT2D eigenvalue weighted by molar-refractivity contribution is -0.111. The zero-order chi connectivity index (χ0) is 20.3. The summed E-state index contributed by atoms with van der Waals surface area (Å²) in [4.78, 5) is 13.9. The van der Waals surface area contributed by atoms with Crippen LogP contribution in [0.25, 0.3) is 0 Å². The van der Waals surface area contributed by atoms with Crippen LogP contribution >= 0.6 is 0 Å². The van der Waals surface area contributed by atoms with Crippen LogP contribution in [0.5, 0.6) is 5.75 Å². The molecule has 1 heterocycles. The molecule has 4 heteroatoms. The standard InChI is InChI=1S/C25H32N2O2/c1-19-17-27(12-6-9-20-7-3-2-4-8-20)23-14-22(26-18-28)15-25(19,16-23)21-10-5-11-24(29)13-21/h2-5,7-8,10-11,13,18-19,22-23,29H,6,9,12,14-17H2,1H3,(H,26,28)/t19-,22+,23+,25+/m1/s1. The Bertz CT molecular complexity index is 825. The number of benzene rings is 2. The fraction of sp³-hybridized carbons (Fsp3) is 0.480. The van der Waals surface area contributed by atoms with Crippen LogP contribution in [0.15, 0.2) is 54.6 Å². The van der Waals surface area contributed by atoms with Crippen LogP contribution in [0.2, 0.25) is 0 Å². The lowest BCUT2D eigenvalue weighted by Crippen LogP contribution is -2.61. The van der Waals surface area contributed by atoms with Crippen LogP contribution in [0.3, 0.4) is 0 Å². The smallest absolute Gasteiger partial charge is 0.207 e. The van der Waals surface area contributed by atoms with Gasteiger partial charge in [0.25, 0.3) is 0 Å². The van der Waals surface area contributed by atoms with E-state index in [0.29, 0.717) is 17.7 Å². The molecule has 0 aromatic heterocycles. The maximum atomic E-state index is 11.2. The Morgan fingerprint density at radius 2 is 2.00 bits per heavy atom. The van der Waals surface area contributed by atoms with Crippen molar-refractivity contribution in [3.63, 3.8) is 0 Å². The maximum absolute atomic E-state index is 11.2. The second-order valence-corrected chi connectivity index (χ2v) is 8.97. The van der Waals surface area contributed by atoms with Gasteiger partial charge in [0, 0.05) is 24.0 Å². The minimum absolute atomic E-state index is 0.0122. The van der Waals surface area contributed by atoms with Crippen LogP contribution in [0.1, 0.15) is 43.7 Å². The van der Waals surface area contributed by atoms with Gasteiger partial charge in [-0.3, -0.25) is 9.69 Å². The van der Waals surface area contributed by atoms with Crippen molar-refractivity contribution in [1.29, 1.82) is 0 Å². The first-order chi connectivity index (χ1) is 14.1. The molecular weight excluding hydrogens is 360 g/mol. The monoisotopic (exact) mass is 392 g/mol. The second-order valence-electron chi connectivity index (χ2n) is 8.97. The number of nitrogens with zero attached hydrogens (tertiary/aromatic N) is 1. The number of aryl methyl sites for hydroxylation is 1. The Morgan fingerprint density at radius 3 is 2.76 bits per heavy atom. The van der Waals surface area contributed by atoms with E-state index in [1.165, 1.54) is 11.1 Å². The summed E-state index contributed by atoms with van der Waals surface area (Å²) in [6.45, 7) is 4.50. The molecule has 2 aromatic carbocycles. The van der Waals surface area contributed by atoms with Crippen LogP contribution in [0, 0.1) is 5.92 Å². The number of aromatic hydroxyl groups is 1. The number of phenols is 1. The topological polar surface area (TPSA) is 52.6 Å².